The first-order valence-corrected chi connectivity index (χ1v) is 6.78. The highest BCUT2D eigenvalue weighted by atomic mass is 16.5. The lowest BCUT2D eigenvalue weighted by molar-refractivity contribution is 0.408. The highest BCUT2D eigenvalue weighted by Crippen LogP contribution is 2.28. The Labute approximate surface area is 123 Å². The Kier molecular flexibility index (Phi) is 3.71. The first-order valence-electron chi connectivity index (χ1n) is 6.78. The van der Waals surface area contributed by atoms with Crippen molar-refractivity contribution >= 4 is 0 Å². The third-order valence-corrected chi connectivity index (χ3v) is 3.46. The number of hydrogen-bond donors (Lipinski definition) is 1. The molecule has 106 valence electrons. The van der Waals surface area contributed by atoms with Crippen LogP contribution in [0.5, 0.6) is 5.75 Å². The van der Waals surface area contributed by atoms with E-state index in [0.717, 1.165) is 22.6 Å². The van der Waals surface area contributed by atoms with Gasteiger partial charge >= 0.3 is 0 Å². The first-order chi connectivity index (χ1) is 10.3. The molecule has 0 amide bonds. The summed E-state index contributed by atoms with van der Waals surface area (Å²) in [5, 5.41) is 4.38. The summed E-state index contributed by atoms with van der Waals surface area (Å²) in [6, 6.07) is 17.5. The van der Waals surface area contributed by atoms with Crippen molar-refractivity contribution in [1.82, 2.24) is 9.78 Å². The molecule has 0 radical (unpaired) electrons. The van der Waals surface area contributed by atoms with Crippen LogP contribution in [0.1, 0.15) is 17.2 Å². The smallest absolute Gasteiger partial charge is 0.123 e. The molecular formula is C17H17N3O. The second kappa shape index (κ2) is 5.81. The maximum Gasteiger partial charge on any atom is 0.123 e. The van der Waals surface area contributed by atoms with E-state index in [-0.39, 0.29) is 6.04 Å². The van der Waals surface area contributed by atoms with Gasteiger partial charge < -0.3 is 10.5 Å². The van der Waals surface area contributed by atoms with Gasteiger partial charge in [-0.25, -0.2) is 4.68 Å². The Bertz CT molecular complexity index is 722. The molecule has 1 heterocycles. The molecule has 1 aromatic heterocycles. The summed E-state index contributed by atoms with van der Waals surface area (Å²) in [4.78, 5) is 0. The van der Waals surface area contributed by atoms with Crippen LogP contribution in [-0.4, -0.2) is 16.9 Å². The monoisotopic (exact) mass is 279 g/mol. The van der Waals surface area contributed by atoms with Crippen LogP contribution >= 0.6 is 0 Å². The highest BCUT2D eigenvalue weighted by molar-refractivity contribution is 5.41. The number of nitrogens with zero attached hydrogens (tertiary/aromatic N) is 2. The summed E-state index contributed by atoms with van der Waals surface area (Å²) in [5.74, 6) is 0.789. The molecule has 3 rings (SSSR count). The number of hydrogen-bond acceptors (Lipinski definition) is 3. The molecule has 2 aromatic carbocycles. The number of ether oxygens (including phenoxy) is 1. The molecule has 0 saturated heterocycles. The average Bonchev–Trinajstić information content (AvgIpc) is 3.05. The van der Waals surface area contributed by atoms with Crippen LogP contribution in [0.2, 0.25) is 0 Å². The third-order valence-electron chi connectivity index (χ3n) is 3.46. The molecule has 0 fully saturated rings. The number of para-hydroxylation sites is 2. The van der Waals surface area contributed by atoms with Gasteiger partial charge in [0.05, 0.1) is 25.0 Å². The van der Waals surface area contributed by atoms with Gasteiger partial charge in [0.15, 0.2) is 0 Å². The van der Waals surface area contributed by atoms with Crippen molar-refractivity contribution in [2.75, 3.05) is 7.11 Å². The lowest BCUT2D eigenvalue weighted by Gasteiger charge is -2.13. The zero-order valence-corrected chi connectivity index (χ0v) is 11.8. The van der Waals surface area contributed by atoms with E-state index in [1.54, 1.807) is 13.3 Å². The first kappa shape index (κ1) is 13.4. The lowest BCUT2D eigenvalue weighted by atomic mass is 10.0. The van der Waals surface area contributed by atoms with Gasteiger partial charge in [0.1, 0.15) is 5.75 Å². The van der Waals surface area contributed by atoms with Crippen LogP contribution in [0.15, 0.2) is 67.0 Å². The predicted octanol–water partition coefficient (Wildman–Crippen LogP) is 2.93. The van der Waals surface area contributed by atoms with Gasteiger partial charge in [0.2, 0.25) is 0 Å². The zero-order valence-electron chi connectivity index (χ0n) is 11.8. The fourth-order valence-corrected chi connectivity index (χ4v) is 2.32. The van der Waals surface area contributed by atoms with Crippen LogP contribution in [0.25, 0.3) is 5.69 Å². The van der Waals surface area contributed by atoms with Crippen LogP contribution in [0.3, 0.4) is 0 Å². The molecular weight excluding hydrogens is 262 g/mol. The Hall–Kier alpha value is -2.59. The van der Waals surface area contributed by atoms with Gasteiger partial charge in [-0.2, -0.15) is 5.10 Å². The zero-order chi connectivity index (χ0) is 14.7. The van der Waals surface area contributed by atoms with Crippen molar-refractivity contribution in [3.63, 3.8) is 0 Å². The average molecular weight is 279 g/mol. The molecule has 0 bridgehead atoms. The summed E-state index contributed by atoms with van der Waals surface area (Å²) < 4.78 is 7.20. The standard InChI is InChI=1S/C17H17N3O/c1-21-16-10-6-5-9-15(16)17(18)13-11-19-20(12-13)14-7-3-2-4-8-14/h2-12,17H,18H2,1H3. The summed E-state index contributed by atoms with van der Waals surface area (Å²) >= 11 is 0. The van der Waals surface area contributed by atoms with Crippen molar-refractivity contribution in [2.45, 2.75) is 6.04 Å². The molecule has 1 atom stereocenters. The number of methoxy groups -OCH3 is 1. The number of aromatic nitrogens is 2. The van der Waals surface area contributed by atoms with E-state index < -0.39 is 0 Å². The van der Waals surface area contributed by atoms with E-state index >= 15 is 0 Å². The van der Waals surface area contributed by atoms with Crippen molar-refractivity contribution in [3.05, 3.63) is 78.1 Å². The fraction of sp³-hybridized carbons (Fsp3) is 0.118. The maximum absolute atomic E-state index is 6.35. The van der Waals surface area contributed by atoms with Crippen molar-refractivity contribution in [2.24, 2.45) is 5.73 Å². The van der Waals surface area contributed by atoms with Gasteiger partial charge in [-0.3, -0.25) is 0 Å². The van der Waals surface area contributed by atoms with E-state index in [4.69, 9.17) is 10.5 Å². The van der Waals surface area contributed by atoms with Gasteiger partial charge in [-0.15, -0.1) is 0 Å². The van der Waals surface area contributed by atoms with Crippen LogP contribution in [0.4, 0.5) is 0 Å². The van der Waals surface area contributed by atoms with Crippen LogP contribution < -0.4 is 10.5 Å². The Morgan fingerprint density at radius 1 is 1.05 bits per heavy atom. The van der Waals surface area contributed by atoms with E-state index in [1.807, 2.05) is 65.5 Å². The van der Waals surface area contributed by atoms with E-state index in [1.165, 1.54) is 0 Å². The normalized spacial score (nSPS) is 12.1. The highest BCUT2D eigenvalue weighted by Gasteiger charge is 2.15. The van der Waals surface area contributed by atoms with E-state index in [2.05, 4.69) is 5.10 Å². The minimum absolute atomic E-state index is 0.265. The Balaban J connectivity index is 1.93. The molecule has 0 aliphatic rings. The SMILES string of the molecule is COc1ccccc1C(N)c1cnn(-c2ccccc2)c1. The Morgan fingerprint density at radius 3 is 2.52 bits per heavy atom. The quantitative estimate of drug-likeness (QED) is 0.799. The van der Waals surface area contributed by atoms with Crippen LogP contribution in [-0.2, 0) is 0 Å². The molecule has 4 heteroatoms. The molecule has 21 heavy (non-hydrogen) atoms. The third kappa shape index (κ3) is 2.66. The molecule has 1 unspecified atom stereocenters. The second-order valence-electron chi connectivity index (χ2n) is 4.77. The van der Waals surface area contributed by atoms with E-state index in [0.29, 0.717) is 0 Å². The number of benzene rings is 2. The Morgan fingerprint density at radius 2 is 1.76 bits per heavy atom. The summed E-state index contributed by atoms with van der Waals surface area (Å²) in [6.07, 6.45) is 3.75. The summed E-state index contributed by atoms with van der Waals surface area (Å²) in [7, 11) is 1.65. The largest absolute Gasteiger partial charge is 0.496 e. The number of rotatable bonds is 4. The molecule has 2 N–H and O–H groups in total. The molecule has 0 saturated carbocycles. The van der Waals surface area contributed by atoms with Crippen molar-refractivity contribution in [1.29, 1.82) is 0 Å². The minimum Gasteiger partial charge on any atom is -0.496 e. The minimum atomic E-state index is -0.265. The van der Waals surface area contributed by atoms with Crippen molar-refractivity contribution in [3.8, 4) is 11.4 Å². The molecule has 0 aliphatic carbocycles. The second-order valence-corrected chi connectivity index (χ2v) is 4.77. The van der Waals surface area contributed by atoms with Gasteiger partial charge in [-0.1, -0.05) is 36.4 Å². The summed E-state index contributed by atoms with van der Waals surface area (Å²) in [6.45, 7) is 0. The fourth-order valence-electron chi connectivity index (χ4n) is 2.32. The van der Waals surface area contributed by atoms with Crippen molar-refractivity contribution < 1.29 is 4.74 Å². The van der Waals surface area contributed by atoms with Crippen LogP contribution in [0, 0.1) is 0 Å². The number of nitrogens with two attached hydrogens (primary N) is 1. The molecule has 4 nitrogen and oxygen atoms in total. The molecule has 0 spiro atoms. The van der Waals surface area contributed by atoms with Gasteiger partial charge in [-0.05, 0) is 18.2 Å². The predicted molar refractivity (Wildman–Crippen MR) is 82.6 cm³/mol. The molecule has 0 aliphatic heterocycles. The van der Waals surface area contributed by atoms with Gasteiger partial charge in [0, 0.05) is 17.3 Å². The lowest BCUT2D eigenvalue weighted by Crippen LogP contribution is -2.12. The van der Waals surface area contributed by atoms with Gasteiger partial charge in [0.25, 0.3) is 0 Å². The maximum atomic E-state index is 6.35. The topological polar surface area (TPSA) is 53.1 Å². The van der Waals surface area contributed by atoms with E-state index in [9.17, 15) is 0 Å². The molecule has 3 aromatic rings. The summed E-state index contributed by atoms with van der Waals surface area (Å²) in [5.41, 5.74) is 9.26.